The molecular formula is C21H18BrN5O2. The number of ether oxygens (including phenoxy) is 1. The molecule has 0 spiro atoms. The lowest BCUT2D eigenvalue weighted by molar-refractivity contribution is 0.321. The van der Waals surface area contributed by atoms with Crippen molar-refractivity contribution in [2.45, 2.75) is 6.92 Å². The summed E-state index contributed by atoms with van der Waals surface area (Å²) in [5.41, 5.74) is 4.41. The van der Waals surface area contributed by atoms with E-state index in [9.17, 15) is 0 Å². The standard InChI is InChI=1S/C21H18BrN5O2/c1-13-9-14(3-5-18(13)22)25-21-26-19-11-16(4-6-20(19)27(21)2)29-17-7-8-23-15(10-17)12-24-28/h3-12,28H,1-2H3,(H,25,26)/b24-12-. The summed E-state index contributed by atoms with van der Waals surface area (Å²) in [4.78, 5) is 8.77. The highest BCUT2D eigenvalue weighted by molar-refractivity contribution is 9.10. The van der Waals surface area contributed by atoms with Gasteiger partial charge in [-0.05, 0) is 48.9 Å². The van der Waals surface area contributed by atoms with Crippen LogP contribution in [-0.2, 0) is 7.05 Å². The lowest BCUT2D eigenvalue weighted by atomic mass is 10.2. The van der Waals surface area contributed by atoms with E-state index in [-0.39, 0.29) is 0 Å². The molecule has 29 heavy (non-hydrogen) atoms. The maximum absolute atomic E-state index is 8.65. The Morgan fingerprint density at radius 3 is 2.76 bits per heavy atom. The number of imidazole rings is 1. The fourth-order valence-electron chi connectivity index (χ4n) is 2.96. The number of rotatable bonds is 5. The van der Waals surface area contributed by atoms with Gasteiger partial charge in [0.05, 0.1) is 22.9 Å². The zero-order chi connectivity index (χ0) is 20.4. The Hall–Kier alpha value is -3.39. The van der Waals surface area contributed by atoms with Gasteiger partial charge in [-0.1, -0.05) is 21.1 Å². The molecule has 0 fully saturated rings. The molecule has 8 heteroatoms. The summed E-state index contributed by atoms with van der Waals surface area (Å²) in [6, 6.07) is 15.2. The van der Waals surface area contributed by atoms with Gasteiger partial charge < -0.3 is 19.8 Å². The molecule has 4 aromatic rings. The quantitative estimate of drug-likeness (QED) is 0.241. The number of benzene rings is 2. The topological polar surface area (TPSA) is 84.6 Å². The van der Waals surface area contributed by atoms with Crippen LogP contribution in [0.25, 0.3) is 11.0 Å². The number of oxime groups is 1. The second kappa shape index (κ2) is 7.92. The van der Waals surface area contributed by atoms with E-state index in [4.69, 9.17) is 14.9 Å². The summed E-state index contributed by atoms with van der Waals surface area (Å²) in [6.45, 7) is 2.05. The maximum Gasteiger partial charge on any atom is 0.208 e. The Morgan fingerprint density at radius 2 is 1.97 bits per heavy atom. The second-order valence-electron chi connectivity index (χ2n) is 6.50. The molecule has 0 unspecified atom stereocenters. The highest BCUT2D eigenvalue weighted by Gasteiger charge is 2.10. The first-order chi connectivity index (χ1) is 14.0. The van der Waals surface area contributed by atoms with Crippen molar-refractivity contribution in [3.8, 4) is 11.5 Å². The Kier molecular flexibility index (Phi) is 5.18. The van der Waals surface area contributed by atoms with Crippen molar-refractivity contribution in [3.63, 3.8) is 0 Å². The summed E-state index contributed by atoms with van der Waals surface area (Å²) in [5, 5.41) is 15.0. The fourth-order valence-corrected chi connectivity index (χ4v) is 3.21. The van der Waals surface area contributed by atoms with Gasteiger partial charge in [0, 0.05) is 35.5 Å². The molecule has 2 aromatic carbocycles. The monoisotopic (exact) mass is 451 g/mol. The molecule has 0 atom stereocenters. The molecule has 7 nitrogen and oxygen atoms in total. The lowest BCUT2D eigenvalue weighted by Crippen LogP contribution is -1.99. The molecule has 2 N–H and O–H groups in total. The highest BCUT2D eigenvalue weighted by Crippen LogP contribution is 2.29. The van der Waals surface area contributed by atoms with Crippen LogP contribution in [0.2, 0.25) is 0 Å². The van der Waals surface area contributed by atoms with Crippen LogP contribution in [0.15, 0.2) is 64.4 Å². The lowest BCUT2D eigenvalue weighted by Gasteiger charge is -2.08. The fraction of sp³-hybridized carbons (Fsp3) is 0.0952. The molecule has 2 heterocycles. The zero-order valence-corrected chi connectivity index (χ0v) is 17.4. The SMILES string of the molecule is Cc1cc(Nc2nc3cc(Oc4ccnc(/C=N\O)c4)ccc3n2C)ccc1Br. The van der Waals surface area contributed by atoms with Crippen molar-refractivity contribution >= 4 is 44.8 Å². The summed E-state index contributed by atoms with van der Waals surface area (Å²) in [6.07, 6.45) is 2.84. The van der Waals surface area contributed by atoms with Gasteiger partial charge in [-0.2, -0.15) is 0 Å². The van der Waals surface area contributed by atoms with E-state index in [1.165, 1.54) is 6.21 Å². The van der Waals surface area contributed by atoms with Crippen molar-refractivity contribution in [2.75, 3.05) is 5.32 Å². The summed E-state index contributed by atoms with van der Waals surface area (Å²) >= 11 is 3.52. The van der Waals surface area contributed by atoms with Crippen LogP contribution in [-0.4, -0.2) is 26.0 Å². The number of aromatic nitrogens is 3. The first kappa shape index (κ1) is 18.9. The van der Waals surface area contributed by atoms with Crippen LogP contribution in [0.4, 0.5) is 11.6 Å². The van der Waals surface area contributed by atoms with E-state index < -0.39 is 0 Å². The molecule has 4 rings (SSSR count). The molecule has 0 saturated heterocycles. The van der Waals surface area contributed by atoms with Crippen LogP contribution in [0.3, 0.4) is 0 Å². The van der Waals surface area contributed by atoms with Gasteiger partial charge in [0.1, 0.15) is 11.5 Å². The minimum Gasteiger partial charge on any atom is -0.457 e. The minimum atomic E-state index is 0.500. The van der Waals surface area contributed by atoms with E-state index in [2.05, 4.69) is 37.5 Å². The molecule has 0 saturated carbocycles. The molecular weight excluding hydrogens is 434 g/mol. The molecule has 0 radical (unpaired) electrons. The molecule has 0 amide bonds. The molecule has 0 bridgehead atoms. The summed E-state index contributed by atoms with van der Waals surface area (Å²) in [7, 11) is 1.97. The van der Waals surface area contributed by atoms with Crippen molar-refractivity contribution < 1.29 is 9.94 Å². The van der Waals surface area contributed by atoms with E-state index in [1.54, 1.807) is 18.3 Å². The Morgan fingerprint density at radius 1 is 1.14 bits per heavy atom. The smallest absolute Gasteiger partial charge is 0.208 e. The van der Waals surface area contributed by atoms with Gasteiger partial charge in [-0.15, -0.1) is 0 Å². The first-order valence-electron chi connectivity index (χ1n) is 8.84. The number of nitrogens with zero attached hydrogens (tertiary/aromatic N) is 4. The van der Waals surface area contributed by atoms with Crippen LogP contribution in [0, 0.1) is 6.92 Å². The van der Waals surface area contributed by atoms with E-state index in [0.717, 1.165) is 32.7 Å². The third-order valence-electron chi connectivity index (χ3n) is 4.44. The number of hydrogen-bond donors (Lipinski definition) is 2. The van der Waals surface area contributed by atoms with Gasteiger partial charge in [-0.25, -0.2) is 4.98 Å². The number of fused-ring (bicyclic) bond motifs is 1. The number of pyridine rings is 1. The van der Waals surface area contributed by atoms with Gasteiger partial charge in [0.25, 0.3) is 0 Å². The van der Waals surface area contributed by atoms with E-state index >= 15 is 0 Å². The van der Waals surface area contributed by atoms with Crippen molar-refractivity contribution in [1.29, 1.82) is 0 Å². The Balaban J connectivity index is 1.61. The van der Waals surface area contributed by atoms with Gasteiger partial charge in [-0.3, -0.25) is 4.98 Å². The van der Waals surface area contributed by atoms with Crippen LogP contribution in [0.5, 0.6) is 11.5 Å². The van der Waals surface area contributed by atoms with Crippen LogP contribution < -0.4 is 10.1 Å². The van der Waals surface area contributed by atoms with Crippen LogP contribution in [0.1, 0.15) is 11.3 Å². The number of nitrogens with one attached hydrogen (secondary N) is 1. The van der Waals surface area contributed by atoms with Crippen molar-refractivity contribution in [2.24, 2.45) is 12.2 Å². The highest BCUT2D eigenvalue weighted by atomic mass is 79.9. The minimum absolute atomic E-state index is 0.500. The maximum atomic E-state index is 8.65. The predicted molar refractivity (Wildman–Crippen MR) is 117 cm³/mol. The van der Waals surface area contributed by atoms with Gasteiger partial charge in [0.2, 0.25) is 5.95 Å². The summed E-state index contributed by atoms with van der Waals surface area (Å²) < 4.78 is 8.98. The van der Waals surface area contributed by atoms with E-state index in [0.29, 0.717) is 17.2 Å². The number of aryl methyl sites for hydroxylation is 2. The number of halogens is 1. The zero-order valence-electron chi connectivity index (χ0n) is 15.8. The molecule has 2 aromatic heterocycles. The average molecular weight is 452 g/mol. The average Bonchev–Trinajstić information content (AvgIpc) is 3.00. The van der Waals surface area contributed by atoms with Crippen molar-refractivity contribution in [3.05, 3.63) is 70.5 Å². The third-order valence-corrected chi connectivity index (χ3v) is 5.33. The normalized spacial score (nSPS) is 11.3. The molecule has 0 aliphatic heterocycles. The van der Waals surface area contributed by atoms with E-state index in [1.807, 2.05) is 48.9 Å². The second-order valence-corrected chi connectivity index (χ2v) is 7.35. The Labute approximate surface area is 175 Å². The van der Waals surface area contributed by atoms with Gasteiger partial charge >= 0.3 is 0 Å². The summed E-state index contributed by atoms with van der Waals surface area (Å²) in [5.74, 6) is 1.98. The predicted octanol–water partition coefficient (Wildman–Crippen LogP) is 5.38. The largest absolute Gasteiger partial charge is 0.457 e. The Bertz CT molecular complexity index is 1220. The number of anilines is 2. The van der Waals surface area contributed by atoms with Gasteiger partial charge in [0.15, 0.2) is 0 Å². The number of hydrogen-bond acceptors (Lipinski definition) is 6. The molecule has 146 valence electrons. The third kappa shape index (κ3) is 4.07. The van der Waals surface area contributed by atoms with Crippen LogP contribution >= 0.6 is 15.9 Å². The van der Waals surface area contributed by atoms with Crippen molar-refractivity contribution in [1.82, 2.24) is 14.5 Å². The first-order valence-corrected chi connectivity index (χ1v) is 9.64. The molecule has 0 aliphatic carbocycles. The molecule has 0 aliphatic rings.